The van der Waals surface area contributed by atoms with Crippen molar-refractivity contribution < 1.29 is 19.4 Å². The van der Waals surface area contributed by atoms with E-state index in [0.717, 1.165) is 5.56 Å². The summed E-state index contributed by atoms with van der Waals surface area (Å²) >= 11 is 0. The molecule has 1 N–H and O–H groups in total. The van der Waals surface area contributed by atoms with E-state index in [4.69, 9.17) is 4.74 Å². The minimum atomic E-state index is -1.11. The van der Waals surface area contributed by atoms with Gasteiger partial charge in [-0.05, 0) is 11.6 Å². The Labute approximate surface area is 116 Å². The summed E-state index contributed by atoms with van der Waals surface area (Å²) in [6.45, 7) is 1.25. The van der Waals surface area contributed by atoms with Crippen LogP contribution in [0.5, 0.6) is 5.75 Å². The summed E-state index contributed by atoms with van der Waals surface area (Å²) in [5.74, 6) is -1.53. The number of rotatable bonds is 4. The first kappa shape index (κ1) is 13.8. The molecule has 2 aromatic rings. The number of para-hydroxylation sites is 1. The van der Waals surface area contributed by atoms with Crippen LogP contribution in [0.4, 0.5) is 0 Å². The lowest BCUT2D eigenvalue weighted by molar-refractivity contribution is -0.131. The molecule has 0 saturated heterocycles. The van der Waals surface area contributed by atoms with Gasteiger partial charge in [0.1, 0.15) is 11.3 Å². The zero-order valence-corrected chi connectivity index (χ0v) is 11.0. The number of carbonyl (C=O) groups excluding carboxylic acids is 1. The molecular weight excluding hydrogens is 256 g/mol. The van der Waals surface area contributed by atoms with Gasteiger partial charge in [0.2, 0.25) is 0 Å². The molecule has 0 amide bonds. The van der Waals surface area contributed by atoms with Crippen LogP contribution >= 0.6 is 0 Å². The Bertz CT molecular complexity index is 632. The van der Waals surface area contributed by atoms with E-state index in [1.807, 2.05) is 30.3 Å². The Kier molecular flexibility index (Phi) is 4.15. The monoisotopic (exact) mass is 270 g/mol. The summed E-state index contributed by atoms with van der Waals surface area (Å²) in [5.41, 5.74) is 1.68. The predicted octanol–water partition coefficient (Wildman–Crippen LogP) is 2.90. The van der Waals surface area contributed by atoms with Crippen molar-refractivity contribution in [3.05, 3.63) is 65.2 Å². The third-order valence-corrected chi connectivity index (χ3v) is 2.81. The third-order valence-electron chi connectivity index (χ3n) is 2.81. The fraction of sp³-hybridized carbons (Fsp3) is 0.125. The van der Waals surface area contributed by atoms with Crippen molar-refractivity contribution in [1.29, 1.82) is 0 Å². The molecule has 0 aliphatic carbocycles. The Hall–Kier alpha value is -2.62. The fourth-order valence-electron chi connectivity index (χ4n) is 1.97. The molecule has 0 fully saturated rings. The predicted molar refractivity (Wildman–Crippen MR) is 74.0 cm³/mol. The molecule has 0 spiro atoms. The maximum Gasteiger partial charge on any atom is 0.339 e. The van der Waals surface area contributed by atoms with E-state index in [9.17, 15) is 14.7 Å². The van der Waals surface area contributed by atoms with E-state index in [2.05, 4.69) is 0 Å². The minimum absolute atomic E-state index is 0.00590. The first-order valence-electron chi connectivity index (χ1n) is 6.15. The van der Waals surface area contributed by atoms with Crippen LogP contribution in [0.1, 0.15) is 28.4 Å². The highest BCUT2D eigenvalue weighted by Gasteiger charge is 2.17. The van der Waals surface area contributed by atoms with E-state index >= 15 is 0 Å². The Balaban J connectivity index is 2.43. The van der Waals surface area contributed by atoms with E-state index in [-0.39, 0.29) is 11.3 Å². The molecule has 2 rings (SSSR count). The number of carboxylic acids is 1. The summed E-state index contributed by atoms with van der Waals surface area (Å²) in [6, 6.07) is 14.4. The van der Waals surface area contributed by atoms with E-state index in [1.165, 1.54) is 13.0 Å². The molecule has 0 atom stereocenters. The van der Waals surface area contributed by atoms with Gasteiger partial charge < -0.3 is 9.84 Å². The van der Waals surface area contributed by atoms with Crippen molar-refractivity contribution in [3.63, 3.8) is 0 Å². The number of esters is 1. The average Bonchev–Trinajstić information content (AvgIpc) is 2.41. The molecule has 0 radical (unpaired) electrons. The number of carbonyl (C=O) groups is 2. The van der Waals surface area contributed by atoms with Gasteiger partial charge in [-0.15, -0.1) is 0 Å². The molecule has 4 heteroatoms. The Morgan fingerprint density at radius 1 is 1.05 bits per heavy atom. The van der Waals surface area contributed by atoms with Crippen LogP contribution in [0.15, 0.2) is 48.5 Å². The zero-order valence-electron chi connectivity index (χ0n) is 11.0. The number of hydrogen-bond acceptors (Lipinski definition) is 3. The summed E-state index contributed by atoms with van der Waals surface area (Å²) in [5, 5.41) is 9.18. The van der Waals surface area contributed by atoms with Crippen molar-refractivity contribution in [2.75, 3.05) is 0 Å². The van der Waals surface area contributed by atoms with Gasteiger partial charge in [-0.3, -0.25) is 4.79 Å². The number of hydrogen-bond donors (Lipinski definition) is 1. The molecule has 0 aromatic heterocycles. The van der Waals surface area contributed by atoms with Gasteiger partial charge in [-0.2, -0.15) is 0 Å². The van der Waals surface area contributed by atoms with Gasteiger partial charge in [0.25, 0.3) is 0 Å². The largest absolute Gasteiger partial charge is 0.478 e. The van der Waals surface area contributed by atoms with Gasteiger partial charge in [-0.25, -0.2) is 4.79 Å². The van der Waals surface area contributed by atoms with Gasteiger partial charge in [-0.1, -0.05) is 42.5 Å². The van der Waals surface area contributed by atoms with Crippen LogP contribution < -0.4 is 4.74 Å². The minimum Gasteiger partial charge on any atom is -0.478 e. The molecule has 0 bridgehead atoms. The summed E-state index contributed by atoms with van der Waals surface area (Å²) in [4.78, 5) is 22.4. The lowest BCUT2D eigenvalue weighted by atomic mass is 10.0. The van der Waals surface area contributed by atoms with Gasteiger partial charge >= 0.3 is 11.9 Å². The Morgan fingerprint density at radius 2 is 1.75 bits per heavy atom. The molecule has 20 heavy (non-hydrogen) atoms. The average molecular weight is 270 g/mol. The molecule has 0 unspecified atom stereocenters. The van der Waals surface area contributed by atoms with Crippen LogP contribution in [-0.4, -0.2) is 17.0 Å². The second-order valence-electron chi connectivity index (χ2n) is 4.35. The number of carboxylic acid groups (broad SMARTS) is 1. The third kappa shape index (κ3) is 3.23. The summed E-state index contributed by atoms with van der Waals surface area (Å²) in [7, 11) is 0. The lowest BCUT2D eigenvalue weighted by Crippen LogP contribution is -2.10. The second-order valence-corrected chi connectivity index (χ2v) is 4.35. The molecule has 0 aliphatic rings. The zero-order chi connectivity index (χ0) is 14.5. The number of benzene rings is 2. The van der Waals surface area contributed by atoms with Gasteiger partial charge in [0, 0.05) is 18.9 Å². The molecule has 102 valence electrons. The Morgan fingerprint density at radius 3 is 2.35 bits per heavy atom. The summed E-state index contributed by atoms with van der Waals surface area (Å²) in [6.07, 6.45) is 0.505. The lowest BCUT2D eigenvalue weighted by Gasteiger charge is -2.11. The van der Waals surface area contributed by atoms with E-state index < -0.39 is 11.9 Å². The van der Waals surface area contributed by atoms with Gasteiger partial charge in [0.15, 0.2) is 0 Å². The van der Waals surface area contributed by atoms with Crippen LogP contribution in [-0.2, 0) is 11.2 Å². The quantitative estimate of drug-likeness (QED) is 0.685. The van der Waals surface area contributed by atoms with Crippen molar-refractivity contribution in [3.8, 4) is 5.75 Å². The van der Waals surface area contributed by atoms with Crippen LogP contribution in [0.25, 0.3) is 0 Å². The SMILES string of the molecule is CC(=O)Oc1c(Cc2ccccc2)cccc1C(=O)O. The standard InChI is InChI=1S/C16H14O4/c1-11(17)20-15-13(8-5-9-14(15)16(18)19)10-12-6-3-2-4-7-12/h2-9H,10H2,1H3,(H,18,19). The van der Waals surface area contributed by atoms with Crippen molar-refractivity contribution in [2.24, 2.45) is 0 Å². The smallest absolute Gasteiger partial charge is 0.339 e. The number of aromatic carboxylic acids is 1. The highest BCUT2D eigenvalue weighted by Crippen LogP contribution is 2.26. The molecule has 0 aliphatic heterocycles. The van der Waals surface area contributed by atoms with Crippen molar-refractivity contribution >= 4 is 11.9 Å². The number of ether oxygens (including phenoxy) is 1. The highest BCUT2D eigenvalue weighted by molar-refractivity contribution is 5.92. The molecular formula is C16H14O4. The normalized spacial score (nSPS) is 10.1. The highest BCUT2D eigenvalue weighted by atomic mass is 16.5. The van der Waals surface area contributed by atoms with Crippen molar-refractivity contribution in [1.82, 2.24) is 0 Å². The molecule has 0 heterocycles. The van der Waals surface area contributed by atoms with Crippen LogP contribution in [0, 0.1) is 0 Å². The maximum atomic E-state index is 11.2. The van der Waals surface area contributed by atoms with Crippen LogP contribution in [0.3, 0.4) is 0 Å². The van der Waals surface area contributed by atoms with E-state index in [0.29, 0.717) is 12.0 Å². The topological polar surface area (TPSA) is 63.6 Å². The van der Waals surface area contributed by atoms with Gasteiger partial charge in [0.05, 0.1) is 0 Å². The second kappa shape index (κ2) is 6.02. The maximum absolute atomic E-state index is 11.2. The summed E-state index contributed by atoms with van der Waals surface area (Å²) < 4.78 is 5.09. The molecule has 0 saturated carbocycles. The van der Waals surface area contributed by atoms with Crippen LogP contribution in [0.2, 0.25) is 0 Å². The fourth-order valence-corrected chi connectivity index (χ4v) is 1.97. The molecule has 4 nitrogen and oxygen atoms in total. The first-order chi connectivity index (χ1) is 9.58. The first-order valence-corrected chi connectivity index (χ1v) is 6.15. The van der Waals surface area contributed by atoms with E-state index in [1.54, 1.807) is 12.1 Å². The molecule has 2 aromatic carbocycles. The van der Waals surface area contributed by atoms with Crippen molar-refractivity contribution in [2.45, 2.75) is 13.3 Å².